The van der Waals surface area contributed by atoms with Crippen LogP contribution < -0.4 is 14.9 Å². The van der Waals surface area contributed by atoms with Gasteiger partial charge in [-0.2, -0.15) is 5.26 Å². The van der Waals surface area contributed by atoms with Crippen molar-refractivity contribution in [1.29, 1.82) is 5.26 Å². The molecule has 0 saturated heterocycles. The Bertz CT molecular complexity index is 837. The van der Waals surface area contributed by atoms with Gasteiger partial charge in [0.05, 0.1) is 5.69 Å². The minimum atomic E-state index is -4.00. The minimum Gasteiger partial charge on any atom is -0.479 e. The molecule has 0 amide bonds. The van der Waals surface area contributed by atoms with Crippen LogP contribution in [0.15, 0.2) is 52.4 Å². The van der Waals surface area contributed by atoms with Crippen molar-refractivity contribution in [2.24, 2.45) is 0 Å². The second-order valence-corrected chi connectivity index (χ2v) is 5.60. The highest BCUT2D eigenvalue weighted by molar-refractivity contribution is 7.92. The number of ether oxygens (including phenoxy) is 1. The Morgan fingerprint density at radius 3 is 2.86 bits per heavy atom. The maximum atomic E-state index is 12.1. The smallest absolute Gasteiger partial charge is 0.267 e. The standard InChI is InChI=1S/C13H11N3O4S/c14-5-7-20-11-3-1-2-10(8-11)16-21(18,19)13-9-15-6-4-12(13)17/h1-4,6,8-9,16H,7H2,(H,15,17). The Hall–Kier alpha value is -2.79. The van der Waals surface area contributed by atoms with Crippen molar-refractivity contribution < 1.29 is 13.2 Å². The van der Waals surface area contributed by atoms with Crippen LogP contribution in [0.5, 0.6) is 5.75 Å². The van der Waals surface area contributed by atoms with Crippen LogP contribution in [0.4, 0.5) is 5.69 Å². The van der Waals surface area contributed by atoms with Gasteiger partial charge in [-0.3, -0.25) is 9.52 Å². The molecular weight excluding hydrogens is 294 g/mol. The van der Waals surface area contributed by atoms with Crippen molar-refractivity contribution in [2.45, 2.75) is 4.90 Å². The van der Waals surface area contributed by atoms with E-state index in [1.165, 1.54) is 18.3 Å². The molecule has 0 saturated carbocycles. The monoisotopic (exact) mass is 305 g/mol. The third kappa shape index (κ3) is 3.61. The summed E-state index contributed by atoms with van der Waals surface area (Å²) in [5.41, 5.74) is -0.383. The van der Waals surface area contributed by atoms with E-state index in [4.69, 9.17) is 10.00 Å². The van der Waals surface area contributed by atoms with Gasteiger partial charge in [0.2, 0.25) is 5.43 Å². The maximum absolute atomic E-state index is 12.1. The Morgan fingerprint density at radius 2 is 2.14 bits per heavy atom. The fraction of sp³-hybridized carbons (Fsp3) is 0.0769. The highest BCUT2D eigenvalue weighted by Crippen LogP contribution is 2.19. The molecule has 108 valence electrons. The lowest BCUT2D eigenvalue weighted by Crippen LogP contribution is -2.20. The molecule has 1 aromatic carbocycles. The van der Waals surface area contributed by atoms with Gasteiger partial charge >= 0.3 is 0 Å². The molecular formula is C13H11N3O4S. The summed E-state index contributed by atoms with van der Waals surface area (Å²) >= 11 is 0. The number of nitriles is 1. The van der Waals surface area contributed by atoms with E-state index in [0.717, 1.165) is 12.3 Å². The zero-order valence-corrected chi connectivity index (χ0v) is 11.6. The van der Waals surface area contributed by atoms with Gasteiger partial charge in [0.1, 0.15) is 11.8 Å². The van der Waals surface area contributed by atoms with E-state index >= 15 is 0 Å². The Labute approximate surface area is 120 Å². The van der Waals surface area contributed by atoms with Crippen molar-refractivity contribution in [3.05, 3.63) is 52.9 Å². The Balaban J connectivity index is 2.27. The lowest BCUT2D eigenvalue weighted by molar-refractivity contribution is 0.368. The highest BCUT2D eigenvalue weighted by atomic mass is 32.2. The third-order valence-electron chi connectivity index (χ3n) is 2.47. The number of hydrogen-bond donors (Lipinski definition) is 2. The van der Waals surface area contributed by atoms with Crippen LogP contribution in [-0.4, -0.2) is 20.0 Å². The van der Waals surface area contributed by atoms with Crippen LogP contribution in [0.3, 0.4) is 0 Å². The Kier molecular flexibility index (Phi) is 4.25. The number of aromatic amines is 1. The van der Waals surface area contributed by atoms with Crippen molar-refractivity contribution in [3.8, 4) is 11.8 Å². The lowest BCUT2D eigenvalue weighted by atomic mass is 10.3. The fourth-order valence-corrected chi connectivity index (χ4v) is 2.69. The van der Waals surface area contributed by atoms with Crippen LogP contribution in [0.1, 0.15) is 0 Å². The molecule has 1 heterocycles. The number of nitrogens with one attached hydrogen (secondary N) is 2. The third-order valence-corrected chi connectivity index (χ3v) is 3.87. The van der Waals surface area contributed by atoms with E-state index < -0.39 is 15.5 Å². The Morgan fingerprint density at radius 1 is 1.33 bits per heavy atom. The number of hydrogen-bond acceptors (Lipinski definition) is 5. The van der Waals surface area contributed by atoms with E-state index in [9.17, 15) is 13.2 Å². The number of pyridine rings is 1. The fourth-order valence-electron chi connectivity index (χ4n) is 1.59. The quantitative estimate of drug-likeness (QED) is 0.858. The van der Waals surface area contributed by atoms with Crippen molar-refractivity contribution in [3.63, 3.8) is 0 Å². The molecule has 0 aliphatic carbocycles. The number of sulfonamides is 1. The average molecular weight is 305 g/mol. The molecule has 2 rings (SSSR count). The van der Waals surface area contributed by atoms with E-state index in [2.05, 4.69) is 9.71 Å². The van der Waals surface area contributed by atoms with Crippen LogP contribution in [-0.2, 0) is 10.0 Å². The summed E-state index contributed by atoms with van der Waals surface area (Å²) in [6.07, 6.45) is 2.46. The van der Waals surface area contributed by atoms with E-state index in [1.54, 1.807) is 12.1 Å². The van der Waals surface area contributed by atoms with Crippen LogP contribution in [0, 0.1) is 11.3 Å². The van der Waals surface area contributed by atoms with Crippen molar-refractivity contribution >= 4 is 15.7 Å². The summed E-state index contributed by atoms with van der Waals surface area (Å²) in [6.45, 7) is -0.144. The molecule has 21 heavy (non-hydrogen) atoms. The molecule has 0 unspecified atom stereocenters. The molecule has 1 aromatic heterocycles. The average Bonchev–Trinajstić information content (AvgIpc) is 2.45. The molecule has 0 spiro atoms. The largest absolute Gasteiger partial charge is 0.479 e. The zero-order valence-electron chi connectivity index (χ0n) is 10.7. The number of rotatable bonds is 5. The van der Waals surface area contributed by atoms with E-state index in [-0.39, 0.29) is 17.2 Å². The maximum Gasteiger partial charge on any atom is 0.267 e. The molecule has 0 atom stereocenters. The van der Waals surface area contributed by atoms with Gasteiger partial charge in [-0.05, 0) is 12.1 Å². The summed E-state index contributed by atoms with van der Waals surface area (Å²) in [4.78, 5) is 13.7. The van der Waals surface area contributed by atoms with Gasteiger partial charge in [0, 0.05) is 24.5 Å². The predicted molar refractivity (Wildman–Crippen MR) is 75.4 cm³/mol. The van der Waals surface area contributed by atoms with Gasteiger partial charge in [0.25, 0.3) is 10.0 Å². The van der Waals surface area contributed by atoms with E-state index in [0.29, 0.717) is 5.75 Å². The van der Waals surface area contributed by atoms with Crippen LogP contribution in [0.2, 0.25) is 0 Å². The van der Waals surface area contributed by atoms with Crippen LogP contribution >= 0.6 is 0 Å². The number of nitrogens with zero attached hydrogens (tertiary/aromatic N) is 1. The lowest BCUT2D eigenvalue weighted by Gasteiger charge is -2.08. The first kappa shape index (κ1) is 14.6. The van der Waals surface area contributed by atoms with Crippen LogP contribution in [0.25, 0.3) is 0 Å². The first-order valence-corrected chi connectivity index (χ1v) is 7.31. The normalized spacial score (nSPS) is 10.6. The summed E-state index contributed by atoms with van der Waals surface area (Å²) in [5, 5.41) is 8.44. The molecule has 0 radical (unpaired) electrons. The predicted octanol–water partition coefficient (Wildman–Crippen LogP) is 1.08. The zero-order chi connectivity index (χ0) is 15.3. The number of benzene rings is 1. The highest BCUT2D eigenvalue weighted by Gasteiger charge is 2.17. The molecule has 0 bridgehead atoms. The van der Waals surface area contributed by atoms with Crippen molar-refractivity contribution in [1.82, 2.24) is 4.98 Å². The van der Waals surface area contributed by atoms with Gasteiger partial charge in [-0.25, -0.2) is 8.42 Å². The molecule has 7 nitrogen and oxygen atoms in total. The molecule has 0 aliphatic rings. The number of aromatic nitrogens is 1. The molecule has 0 aliphatic heterocycles. The SMILES string of the molecule is N#CCOc1cccc(NS(=O)(=O)c2c[nH]ccc2=O)c1. The second-order valence-electron chi connectivity index (χ2n) is 3.95. The number of anilines is 1. The van der Waals surface area contributed by atoms with Gasteiger partial charge in [-0.15, -0.1) is 0 Å². The molecule has 0 fully saturated rings. The van der Waals surface area contributed by atoms with Gasteiger partial charge in [0.15, 0.2) is 11.5 Å². The first-order chi connectivity index (χ1) is 10.0. The molecule has 2 N–H and O–H groups in total. The topological polar surface area (TPSA) is 112 Å². The minimum absolute atomic E-state index is 0.144. The summed E-state index contributed by atoms with van der Waals surface area (Å²) in [6, 6.07) is 9.02. The van der Waals surface area contributed by atoms with E-state index in [1.807, 2.05) is 6.07 Å². The number of H-pyrrole nitrogens is 1. The molecule has 2 aromatic rings. The van der Waals surface area contributed by atoms with Gasteiger partial charge < -0.3 is 9.72 Å². The summed E-state index contributed by atoms with van der Waals surface area (Å²) < 4.78 is 31.6. The summed E-state index contributed by atoms with van der Waals surface area (Å²) in [5.74, 6) is 0.346. The summed E-state index contributed by atoms with van der Waals surface area (Å²) in [7, 11) is -4.00. The van der Waals surface area contributed by atoms with Crippen molar-refractivity contribution in [2.75, 3.05) is 11.3 Å². The van der Waals surface area contributed by atoms with Gasteiger partial charge in [-0.1, -0.05) is 6.07 Å². The first-order valence-electron chi connectivity index (χ1n) is 5.83. The molecule has 8 heteroatoms. The second kappa shape index (κ2) is 6.11.